The van der Waals surface area contributed by atoms with Crippen LogP contribution in [0, 0.1) is 6.92 Å². The third-order valence-electron chi connectivity index (χ3n) is 2.20. The molecule has 1 aromatic carbocycles. The summed E-state index contributed by atoms with van der Waals surface area (Å²) in [5.41, 5.74) is 1.98. The summed E-state index contributed by atoms with van der Waals surface area (Å²) in [5.74, 6) is 0. The molecule has 0 bridgehead atoms. The lowest BCUT2D eigenvalue weighted by Gasteiger charge is -1.96. The Hall–Kier alpha value is -1.81. The summed E-state index contributed by atoms with van der Waals surface area (Å²) in [6.45, 7) is 1.99. The molecule has 0 N–H and O–H groups in total. The zero-order valence-corrected chi connectivity index (χ0v) is 10.2. The van der Waals surface area contributed by atoms with Crippen molar-refractivity contribution in [1.82, 2.24) is 4.98 Å². The monoisotopic (exact) mass is 244 g/mol. The molecule has 0 aliphatic rings. The first-order valence-electron chi connectivity index (χ1n) is 5.18. The van der Waals surface area contributed by atoms with Gasteiger partial charge >= 0.3 is 0 Å². The van der Waals surface area contributed by atoms with Crippen LogP contribution in [-0.4, -0.2) is 15.4 Å². The predicted molar refractivity (Wildman–Crippen MR) is 69.4 cm³/mol. The number of nitrogens with zero attached hydrogens (tertiary/aromatic N) is 2. The van der Waals surface area contributed by atoms with Crippen LogP contribution < -0.4 is 0 Å². The van der Waals surface area contributed by atoms with Crippen molar-refractivity contribution in [3.63, 3.8) is 0 Å². The van der Waals surface area contributed by atoms with Crippen LogP contribution in [0.2, 0.25) is 0 Å². The van der Waals surface area contributed by atoms with Gasteiger partial charge in [0.25, 0.3) is 0 Å². The van der Waals surface area contributed by atoms with E-state index in [1.54, 1.807) is 18.6 Å². The summed E-state index contributed by atoms with van der Waals surface area (Å²) in [6.07, 6.45) is 4.94. The summed E-state index contributed by atoms with van der Waals surface area (Å²) in [7, 11) is -1.35. The van der Waals surface area contributed by atoms with Crippen molar-refractivity contribution in [2.75, 3.05) is 0 Å². The highest BCUT2D eigenvalue weighted by Crippen LogP contribution is 2.09. The Balaban J connectivity index is 2.12. The largest absolute Gasteiger partial charge is 0.264 e. The lowest BCUT2D eigenvalue weighted by Crippen LogP contribution is -1.89. The predicted octanol–water partition coefficient (Wildman–Crippen LogP) is 2.53. The van der Waals surface area contributed by atoms with Crippen LogP contribution in [0.4, 0.5) is 0 Å². The third kappa shape index (κ3) is 3.32. The average Bonchev–Trinajstić information content (AvgIpc) is 2.38. The number of rotatable bonds is 3. The summed E-state index contributed by atoms with van der Waals surface area (Å²) in [5, 5.41) is 0. The molecule has 0 spiro atoms. The molecule has 0 fully saturated rings. The molecule has 0 amide bonds. The molecule has 4 heteroatoms. The smallest absolute Gasteiger partial charge is 0.172 e. The SMILES string of the molecule is Cc1ccc([S@@](=O)/N=C/c2cccnc2)cc1. The molecule has 1 heterocycles. The van der Waals surface area contributed by atoms with E-state index in [-0.39, 0.29) is 0 Å². The van der Waals surface area contributed by atoms with Gasteiger partial charge in [0.2, 0.25) is 0 Å². The zero-order chi connectivity index (χ0) is 12.1. The van der Waals surface area contributed by atoms with Crippen LogP contribution in [0.25, 0.3) is 0 Å². The second-order valence-corrected chi connectivity index (χ2v) is 4.76. The topological polar surface area (TPSA) is 42.3 Å². The Morgan fingerprint density at radius 3 is 2.65 bits per heavy atom. The number of aromatic nitrogens is 1. The standard InChI is InChI=1S/C13H12N2OS/c1-11-4-6-13(7-5-11)17(16)15-10-12-3-2-8-14-9-12/h2-10H,1H3/b15-10+/t17-/m1/s1. The Kier molecular flexibility index (Phi) is 3.77. The van der Waals surface area contributed by atoms with E-state index in [1.807, 2.05) is 43.3 Å². The lowest BCUT2D eigenvalue weighted by molar-refractivity contribution is 0.684. The van der Waals surface area contributed by atoms with E-state index < -0.39 is 11.0 Å². The van der Waals surface area contributed by atoms with Gasteiger partial charge in [0.05, 0.1) is 4.90 Å². The van der Waals surface area contributed by atoms with E-state index in [9.17, 15) is 4.21 Å². The van der Waals surface area contributed by atoms with Crippen molar-refractivity contribution >= 4 is 17.2 Å². The van der Waals surface area contributed by atoms with Gasteiger partial charge in [-0.25, -0.2) is 4.21 Å². The van der Waals surface area contributed by atoms with Crippen molar-refractivity contribution in [3.05, 3.63) is 59.9 Å². The summed E-state index contributed by atoms with van der Waals surface area (Å²) in [4.78, 5) is 4.66. The Morgan fingerprint density at radius 1 is 1.24 bits per heavy atom. The number of benzene rings is 1. The normalized spacial score (nSPS) is 12.8. The first kappa shape index (κ1) is 11.7. The molecular weight excluding hydrogens is 232 g/mol. The van der Waals surface area contributed by atoms with E-state index in [0.717, 1.165) is 11.1 Å². The van der Waals surface area contributed by atoms with Crippen molar-refractivity contribution in [2.24, 2.45) is 4.40 Å². The summed E-state index contributed by atoms with van der Waals surface area (Å²) in [6, 6.07) is 11.2. The second-order valence-electron chi connectivity index (χ2n) is 3.58. The fraction of sp³-hybridized carbons (Fsp3) is 0.0769. The van der Waals surface area contributed by atoms with Gasteiger partial charge < -0.3 is 0 Å². The van der Waals surface area contributed by atoms with Gasteiger partial charge in [0.1, 0.15) is 0 Å². The van der Waals surface area contributed by atoms with Crippen LogP contribution in [0.3, 0.4) is 0 Å². The third-order valence-corrected chi connectivity index (χ3v) is 3.18. The first-order chi connectivity index (χ1) is 8.25. The highest BCUT2D eigenvalue weighted by molar-refractivity contribution is 7.83. The number of aryl methyl sites for hydroxylation is 1. The van der Waals surface area contributed by atoms with Gasteiger partial charge in [-0.15, -0.1) is 0 Å². The molecule has 0 unspecified atom stereocenters. The van der Waals surface area contributed by atoms with Crippen molar-refractivity contribution in [2.45, 2.75) is 11.8 Å². The Morgan fingerprint density at radius 2 is 2.00 bits per heavy atom. The lowest BCUT2D eigenvalue weighted by atomic mass is 10.2. The van der Waals surface area contributed by atoms with E-state index in [0.29, 0.717) is 4.90 Å². The Labute approximate surface area is 103 Å². The van der Waals surface area contributed by atoms with Gasteiger partial charge in [-0.3, -0.25) is 4.98 Å². The van der Waals surface area contributed by atoms with Crippen molar-refractivity contribution in [3.8, 4) is 0 Å². The van der Waals surface area contributed by atoms with Crippen LogP contribution >= 0.6 is 0 Å². The van der Waals surface area contributed by atoms with E-state index >= 15 is 0 Å². The van der Waals surface area contributed by atoms with Gasteiger partial charge in [-0.1, -0.05) is 23.8 Å². The molecule has 0 aliphatic carbocycles. The molecule has 17 heavy (non-hydrogen) atoms. The van der Waals surface area contributed by atoms with E-state index in [4.69, 9.17) is 0 Å². The van der Waals surface area contributed by atoms with Gasteiger partial charge in [-0.2, -0.15) is 4.40 Å². The van der Waals surface area contributed by atoms with Gasteiger partial charge in [-0.05, 0) is 25.1 Å². The van der Waals surface area contributed by atoms with Gasteiger partial charge in [0, 0.05) is 24.2 Å². The molecule has 3 nitrogen and oxygen atoms in total. The first-order valence-corrected chi connectivity index (χ1v) is 6.29. The highest BCUT2D eigenvalue weighted by Gasteiger charge is 1.99. The van der Waals surface area contributed by atoms with E-state index in [1.165, 1.54) is 0 Å². The minimum Gasteiger partial charge on any atom is -0.264 e. The molecule has 86 valence electrons. The number of hydrogen-bond donors (Lipinski definition) is 0. The fourth-order valence-electron chi connectivity index (χ4n) is 1.28. The van der Waals surface area contributed by atoms with Crippen LogP contribution in [0.5, 0.6) is 0 Å². The zero-order valence-electron chi connectivity index (χ0n) is 9.41. The minimum atomic E-state index is -1.35. The number of hydrogen-bond acceptors (Lipinski definition) is 2. The van der Waals surface area contributed by atoms with E-state index in [2.05, 4.69) is 9.38 Å². The van der Waals surface area contributed by atoms with Crippen LogP contribution in [0.15, 0.2) is 58.1 Å². The minimum absolute atomic E-state index is 0.704. The van der Waals surface area contributed by atoms with Crippen LogP contribution in [0.1, 0.15) is 11.1 Å². The summed E-state index contributed by atoms with van der Waals surface area (Å²) >= 11 is 0. The molecule has 1 atom stereocenters. The Bertz CT molecular complexity index is 535. The maximum absolute atomic E-state index is 11.8. The number of pyridine rings is 1. The molecule has 0 saturated heterocycles. The maximum Gasteiger partial charge on any atom is 0.172 e. The summed E-state index contributed by atoms with van der Waals surface area (Å²) < 4.78 is 15.8. The van der Waals surface area contributed by atoms with Crippen molar-refractivity contribution in [1.29, 1.82) is 0 Å². The fourth-order valence-corrected chi connectivity index (χ4v) is 1.98. The maximum atomic E-state index is 11.8. The molecule has 0 radical (unpaired) electrons. The highest BCUT2D eigenvalue weighted by atomic mass is 32.2. The average molecular weight is 244 g/mol. The molecule has 1 aromatic heterocycles. The molecule has 0 saturated carbocycles. The molecule has 2 aromatic rings. The molecule has 2 rings (SSSR count). The molecular formula is C13H12N2OS. The van der Waals surface area contributed by atoms with Crippen molar-refractivity contribution < 1.29 is 4.21 Å². The van der Waals surface area contributed by atoms with Gasteiger partial charge in [0.15, 0.2) is 11.0 Å². The van der Waals surface area contributed by atoms with Crippen LogP contribution in [-0.2, 0) is 11.0 Å². The molecule has 0 aliphatic heterocycles. The second kappa shape index (κ2) is 5.50. The quantitative estimate of drug-likeness (QED) is 0.779.